The smallest absolute Gasteiger partial charge is 0.161 e. The predicted molar refractivity (Wildman–Crippen MR) is 75.7 cm³/mol. The van der Waals surface area contributed by atoms with Crippen molar-refractivity contribution in [2.75, 3.05) is 20.8 Å². The molecule has 0 radical (unpaired) electrons. The Hall–Kier alpha value is -1.36. The van der Waals surface area contributed by atoms with Crippen molar-refractivity contribution < 1.29 is 9.47 Å². The van der Waals surface area contributed by atoms with Gasteiger partial charge >= 0.3 is 0 Å². The first-order valence-electron chi connectivity index (χ1n) is 5.89. The van der Waals surface area contributed by atoms with Crippen LogP contribution in [-0.2, 0) is 6.54 Å². The SMILES string of the molecule is COc1ccc(CNC2=NCC(C)S2)cc1OC. The lowest BCUT2D eigenvalue weighted by molar-refractivity contribution is 0.354. The van der Waals surface area contributed by atoms with Crippen LogP contribution in [0.1, 0.15) is 12.5 Å². The molecular formula is C13H18N2O2S. The number of hydrogen-bond donors (Lipinski definition) is 1. The summed E-state index contributed by atoms with van der Waals surface area (Å²) in [6, 6.07) is 5.93. The Kier molecular flexibility index (Phi) is 4.36. The van der Waals surface area contributed by atoms with Crippen molar-refractivity contribution in [3.05, 3.63) is 23.8 Å². The van der Waals surface area contributed by atoms with E-state index >= 15 is 0 Å². The molecule has 1 N–H and O–H groups in total. The maximum absolute atomic E-state index is 5.28. The van der Waals surface area contributed by atoms with Crippen molar-refractivity contribution in [2.45, 2.75) is 18.7 Å². The predicted octanol–water partition coefficient (Wildman–Crippen LogP) is 2.28. The van der Waals surface area contributed by atoms with Gasteiger partial charge in [-0.2, -0.15) is 0 Å². The van der Waals surface area contributed by atoms with E-state index < -0.39 is 0 Å². The Morgan fingerprint density at radius 2 is 2.11 bits per heavy atom. The molecule has 0 saturated heterocycles. The molecule has 18 heavy (non-hydrogen) atoms. The fourth-order valence-electron chi connectivity index (χ4n) is 1.74. The van der Waals surface area contributed by atoms with Crippen molar-refractivity contribution in [2.24, 2.45) is 4.99 Å². The molecule has 0 fully saturated rings. The summed E-state index contributed by atoms with van der Waals surface area (Å²) in [5.41, 5.74) is 1.15. The first-order valence-corrected chi connectivity index (χ1v) is 6.76. The normalized spacial score (nSPS) is 18.4. The standard InChI is InChI=1S/C13H18N2O2S/c1-9-7-14-13(18-9)15-8-10-4-5-11(16-2)12(6-10)17-3/h4-6,9H,7-8H2,1-3H3,(H,14,15). The van der Waals surface area contributed by atoms with Crippen LogP contribution in [0.5, 0.6) is 11.5 Å². The Bertz CT molecular complexity index is 449. The van der Waals surface area contributed by atoms with Crippen LogP contribution < -0.4 is 14.8 Å². The molecule has 0 aliphatic carbocycles. The molecule has 0 amide bonds. The second-order valence-corrected chi connectivity index (χ2v) is 5.54. The average molecular weight is 266 g/mol. The van der Waals surface area contributed by atoms with Gasteiger partial charge in [-0.15, -0.1) is 0 Å². The number of rotatable bonds is 4. The minimum absolute atomic E-state index is 0.581. The highest BCUT2D eigenvalue weighted by Crippen LogP contribution is 2.27. The minimum Gasteiger partial charge on any atom is -0.493 e. The molecule has 0 aromatic heterocycles. The van der Waals surface area contributed by atoms with Gasteiger partial charge in [-0.1, -0.05) is 24.8 Å². The maximum atomic E-state index is 5.28. The Morgan fingerprint density at radius 3 is 2.72 bits per heavy atom. The molecule has 0 saturated carbocycles. The molecular weight excluding hydrogens is 248 g/mol. The third kappa shape index (κ3) is 3.10. The summed E-state index contributed by atoms with van der Waals surface area (Å²) in [6.45, 7) is 3.83. The number of benzene rings is 1. The maximum Gasteiger partial charge on any atom is 0.161 e. The summed E-state index contributed by atoms with van der Waals surface area (Å²) < 4.78 is 10.5. The van der Waals surface area contributed by atoms with Gasteiger partial charge in [0.1, 0.15) is 0 Å². The molecule has 1 aliphatic rings. The summed E-state index contributed by atoms with van der Waals surface area (Å²) >= 11 is 1.79. The zero-order valence-corrected chi connectivity index (χ0v) is 11.7. The van der Waals surface area contributed by atoms with E-state index in [2.05, 4.69) is 17.2 Å². The van der Waals surface area contributed by atoms with Crippen LogP contribution in [0.2, 0.25) is 0 Å². The van der Waals surface area contributed by atoms with Gasteiger partial charge in [0.15, 0.2) is 16.7 Å². The van der Waals surface area contributed by atoms with Crippen molar-refractivity contribution in [3.63, 3.8) is 0 Å². The number of amidine groups is 1. The minimum atomic E-state index is 0.581. The second kappa shape index (κ2) is 6.00. The lowest BCUT2D eigenvalue weighted by atomic mass is 10.2. The van der Waals surface area contributed by atoms with Gasteiger partial charge in [-0.25, -0.2) is 0 Å². The third-order valence-electron chi connectivity index (χ3n) is 2.70. The highest BCUT2D eigenvalue weighted by molar-refractivity contribution is 8.14. The van der Waals surface area contributed by atoms with Crippen LogP contribution in [0.3, 0.4) is 0 Å². The van der Waals surface area contributed by atoms with Crippen LogP contribution in [0, 0.1) is 0 Å². The quantitative estimate of drug-likeness (QED) is 0.908. The molecule has 1 aromatic rings. The molecule has 1 aromatic carbocycles. The van der Waals surface area contributed by atoms with E-state index in [9.17, 15) is 0 Å². The molecule has 1 atom stereocenters. The van der Waals surface area contributed by atoms with Gasteiger partial charge in [-0.05, 0) is 17.7 Å². The van der Waals surface area contributed by atoms with Crippen LogP contribution in [0.25, 0.3) is 0 Å². The third-order valence-corrected chi connectivity index (χ3v) is 3.74. The van der Waals surface area contributed by atoms with Crippen LogP contribution in [-0.4, -0.2) is 31.2 Å². The van der Waals surface area contributed by atoms with Crippen molar-refractivity contribution in [3.8, 4) is 11.5 Å². The van der Waals surface area contributed by atoms with E-state index in [1.54, 1.807) is 26.0 Å². The Labute approximate surface area is 112 Å². The topological polar surface area (TPSA) is 42.8 Å². The van der Waals surface area contributed by atoms with E-state index in [1.165, 1.54) is 0 Å². The number of nitrogens with one attached hydrogen (secondary N) is 1. The van der Waals surface area contributed by atoms with E-state index in [0.29, 0.717) is 5.25 Å². The Morgan fingerprint density at radius 1 is 1.33 bits per heavy atom. The first-order chi connectivity index (χ1) is 8.72. The summed E-state index contributed by atoms with van der Waals surface area (Å²) in [7, 11) is 3.29. The number of thioether (sulfide) groups is 1. The van der Waals surface area contributed by atoms with Gasteiger partial charge < -0.3 is 14.8 Å². The zero-order chi connectivity index (χ0) is 13.0. The fourth-order valence-corrected chi connectivity index (χ4v) is 2.58. The van der Waals surface area contributed by atoms with Gasteiger partial charge in [0, 0.05) is 11.8 Å². The Balaban J connectivity index is 1.97. The molecule has 0 spiro atoms. The molecule has 1 heterocycles. The molecule has 98 valence electrons. The highest BCUT2D eigenvalue weighted by Gasteiger charge is 2.14. The summed E-state index contributed by atoms with van der Waals surface area (Å²) in [4.78, 5) is 4.42. The van der Waals surface area contributed by atoms with Gasteiger partial charge in [0.05, 0.1) is 20.8 Å². The summed E-state index contributed by atoms with van der Waals surface area (Å²) in [5, 5.41) is 4.94. The highest BCUT2D eigenvalue weighted by atomic mass is 32.2. The van der Waals surface area contributed by atoms with Gasteiger partial charge in [-0.3, -0.25) is 4.99 Å². The van der Waals surface area contributed by atoms with Gasteiger partial charge in [0.2, 0.25) is 0 Å². The molecule has 4 nitrogen and oxygen atoms in total. The fraction of sp³-hybridized carbons (Fsp3) is 0.462. The largest absolute Gasteiger partial charge is 0.493 e. The van der Waals surface area contributed by atoms with Crippen LogP contribution in [0.15, 0.2) is 23.2 Å². The molecule has 1 unspecified atom stereocenters. The number of nitrogens with zero attached hydrogens (tertiary/aromatic N) is 1. The van der Waals surface area contributed by atoms with E-state index in [1.807, 2.05) is 18.2 Å². The number of hydrogen-bond acceptors (Lipinski definition) is 5. The van der Waals surface area contributed by atoms with Crippen LogP contribution in [0.4, 0.5) is 0 Å². The van der Waals surface area contributed by atoms with E-state index in [0.717, 1.165) is 35.3 Å². The number of methoxy groups -OCH3 is 2. The van der Waals surface area contributed by atoms with E-state index in [-0.39, 0.29) is 0 Å². The van der Waals surface area contributed by atoms with E-state index in [4.69, 9.17) is 9.47 Å². The molecule has 2 rings (SSSR count). The average Bonchev–Trinajstić information content (AvgIpc) is 2.81. The molecule has 0 bridgehead atoms. The van der Waals surface area contributed by atoms with Crippen LogP contribution >= 0.6 is 11.8 Å². The van der Waals surface area contributed by atoms with Crippen molar-refractivity contribution in [1.82, 2.24) is 5.32 Å². The number of ether oxygens (including phenoxy) is 2. The summed E-state index contributed by atoms with van der Waals surface area (Å²) in [5.74, 6) is 1.51. The zero-order valence-electron chi connectivity index (χ0n) is 10.9. The number of aliphatic imine (C=N–C) groups is 1. The van der Waals surface area contributed by atoms with Crippen molar-refractivity contribution >= 4 is 16.9 Å². The monoisotopic (exact) mass is 266 g/mol. The lowest BCUT2D eigenvalue weighted by Gasteiger charge is -2.10. The van der Waals surface area contributed by atoms with Crippen molar-refractivity contribution in [1.29, 1.82) is 0 Å². The summed E-state index contributed by atoms with van der Waals surface area (Å²) in [6.07, 6.45) is 0. The lowest BCUT2D eigenvalue weighted by Crippen LogP contribution is -2.18. The molecule has 5 heteroatoms. The first kappa shape index (κ1) is 13.1. The second-order valence-electron chi connectivity index (χ2n) is 4.12. The molecule has 1 aliphatic heterocycles. The van der Waals surface area contributed by atoms with Gasteiger partial charge in [0.25, 0.3) is 0 Å².